The van der Waals surface area contributed by atoms with Gasteiger partial charge in [0.25, 0.3) is 0 Å². The van der Waals surface area contributed by atoms with Crippen LogP contribution in [0.1, 0.15) is 82.3 Å². The molecule has 166 valence electrons. The molecule has 0 heterocycles. The first kappa shape index (κ1) is 28.5. The second-order valence-corrected chi connectivity index (χ2v) is 7.92. The van der Waals surface area contributed by atoms with Gasteiger partial charge in [0.2, 0.25) is 0 Å². The van der Waals surface area contributed by atoms with Gasteiger partial charge in [-0.3, -0.25) is 0 Å². The smallest absolute Gasteiger partial charge is 0.508 e. The molecular formula is C28H40FeO. The minimum Gasteiger partial charge on any atom is -0.508 e. The molecule has 2 aliphatic rings. The molecule has 2 saturated carbocycles. The average molecular weight is 448 g/mol. The zero-order valence-corrected chi connectivity index (χ0v) is 20.2. The molecule has 0 unspecified atom stereocenters. The van der Waals surface area contributed by atoms with E-state index in [1.165, 1.54) is 74.5 Å². The Morgan fingerprint density at radius 2 is 1.20 bits per heavy atom. The fraction of sp³-hybridized carbons (Fsp3) is 0.429. The molecule has 0 atom stereocenters. The third-order valence-corrected chi connectivity index (χ3v) is 6.02. The largest absolute Gasteiger partial charge is 2.00 e. The summed E-state index contributed by atoms with van der Waals surface area (Å²) in [6, 6.07) is 18.4. The molecule has 4 rings (SSSR count). The zero-order valence-electron chi connectivity index (χ0n) is 19.1. The Kier molecular flexibility index (Phi) is 14.6. The van der Waals surface area contributed by atoms with E-state index in [1.807, 2.05) is 12.1 Å². The van der Waals surface area contributed by atoms with E-state index in [0.717, 1.165) is 6.42 Å². The summed E-state index contributed by atoms with van der Waals surface area (Å²) < 4.78 is 0. The van der Waals surface area contributed by atoms with Crippen LogP contribution in [0.15, 0.2) is 60.2 Å². The van der Waals surface area contributed by atoms with Gasteiger partial charge in [0.15, 0.2) is 0 Å². The van der Waals surface area contributed by atoms with Crippen LogP contribution in [0.5, 0.6) is 5.75 Å². The minimum atomic E-state index is 0. The maximum atomic E-state index is 9.60. The van der Waals surface area contributed by atoms with Crippen molar-refractivity contribution >= 4 is 5.57 Å². The van der Waals surface area contributed by atoms with Crippen molar-refractivity contribution in [1.29, 1.82) is 0 Å². The predicted molar refractivity (Wildman–Crippen MR) is 129 cm³/mol. The van der Waals surface area contributed by atoms with Gasteiger partial charge in [-0.25, -0.2) is 0 Å². The van der Waals surface area contributed by atoms with Crippen LogP contribution < -0.4 is 0 Å². The van der Waals surface area contributed by atoms with Crippen LogP contribution >= 0.6 is 0 Å². The summed E-state index contributed by atoms with van der Waals surface area (Å²) in [6.07, 6.45) is 13.9. The summed E-state index contributed by atoms with van der Waals surface area (Å²) in [4.78, 5) is 0. The number of benzene rings is 2. The van der Waals surface area contributed by atoms with Gasteiger partial charge in [0, 0.05) is 0 Å². The van der Waals surface area contributed by atoms with E-state index in [1.54, 1.807) is 17.7 Å². The second kappa shape index (κ2) is 15.3. The predicted octanol–water partition coefficient (Wildman–Crippen LogP) is 8.64. The van der Waals surface area contributed by atoms with Gasteiger partial charge >= 0.3 is 17.1 Å². The summed E-state index contributed by atoms with van der Waals surface area (Å²) in [6.45, 7) is 2.27. The molecule has 0 bridgehead atoms. The standard InChI is InChI=1S/C21H24O.C5H10.2CH3.Fe/c1-2-20(16-8-6-7-9-16)21(17-10-4-3-5-11-17)18-12-14-19(22)15-13-18;1-2-4-5-3-1;;;/h3-5,10-16,22H,2,6-9H2,1H3;1-5H2;2*1H3;/q;;2*-1;+2. The minimum absolute atomic E-state index is 0. The van der Waals surface area contributed by atoms with E-state index < -0.39 is 0 Å². The van der Waals surface area contributed by atoms with Gasteiger partial charge in [0.05, 0.1) is 0 Å². The van der Waals surface area contributed by atoms with Crippen molar-refractivity contribution in [3.63, 3.8) is 0 Å². The Morgan fingerprint density at radius 3 is 1.67 bits per heavy atom. The maximum Gasteiger partial charge on any atom is 2.00 e. The van der Waals surface area contributed by atoms with E-state index >= 15 is 0 Å². The van der Waals surface area contributed by atoms with Crippen molar-refractivity contribution in [2.24, 2.45) is 5.92 Å². The van der Waals surface area contributed by atoms with Gasteiger partial charge in [-0.1, -0.05) is 99.9 Å². The molecular weight excluding hydrogens is 408 g/mol. The molecule has 2 aromatic rings. The average Bonchev–Trinajstić information content (AvgIpc) is 3.44. The van der Waals surface area contributed by atoms with Crippen LogP contribution in [0.3, 0.4) is 0 Å². The molecule has 0 aromatic heterocycles. The number of phenols is 1. The van der Waals surface area contributed by atoms with E-state index in [2.05, 4.69) is 37.3 Å². The summed E-state index contributed by atoms with van der Waals surface area (Å²) in [5, 5.41) is 9.60. The van der Waals surface area contributed by atoms with Crippen LogP contribution in [-0.2, 0) is 17.1 Å². The molecule has 2 aromatic carbocycles. The van der Waals surface area contributed by atoms with Crippen LogP contribution in [-0.4, -0.2) is 5.11 Å². The summed E-state index contributed by atoms with van der Waals surface area (Å²) >= 11 is 0. The molecule has 1 N–H and O–H groups in total. The summed E-state index contributed by atoms with van der Waals surface area (Å²) in [7, 11) is 0. The number of rotatable bonds is 4. The SMILES string of the molecule is C1CCCC1.CCC(=C(c1ccccc1)c1ccc(O)cc1)C1CCCC1.[CH3-].[CH3-].[Fe+2]. The van der Waals surface area contributed by atoms with Crippen LogP contribution in [0.4, 0.5) is 0 Å². The number of allylic oxidation sites excluding steroid dienone is 1. The van der Waals surface area contributed by atoms with Crippen LogP contribution in [0.2, 0.25) is 0 Å². The second-order valence-electron chi connectivity index (χ2n) is 7.92. The molecule has 2 heteroatoms. The fourth-order valence-electron chi connectivity index (χ4n) is 4.60. The Balaban J connectivity index is 0.000000928. The molecule has 2 fully saturated rings. The zero-order chi connectivity index (χ0) is 18.9. The molecule has 0 saturated heterocycles. The van der Waals surface area contributed by atoms with Crippen LogP contribution in [0.25, 0.3) is 5.57 Å². The van der Waals surface area contributed by atoms with E-state index in [0.29, 0.717) is 11.7 Å². The summed E-state index contributed by atoms with van der Waals surface area (Å²) in [5.41, 5.74) is 5.45. The van der Waals surface area contributed by atoms with E-state index in [9.17, 15) is 5.11 Å². The quantitative estimate of drug-likeness (QED) is 0.367. The van der Waals surface area contributed by atoms with E-state index in [4.69, 9.17) is 0 Å². The first-order valence-corrected chi connectivity index (χ1v) is 10.9. The number of hydrogen-bond acceptors (Lipinski definition) is 1. The topological polar surface area (TPSA) is 20.2 Å². The molecule has 1 nitrogen and oxygen atoms in total. The van der Waals surface area contributed by atoms with Gasteiger partial charge < -0.3 is 20.0 Å². The first-order chi connectivity index (χ1) is 13.3. The van der Waals surface area contributed by atoms with Gasteiger partial charge in [-0.15, -0.1) is 0 Å². The van der Waals surface area contributed by atoms with Gasteiger partial charge in [0.1, 0.15) is 5.75 Å². The third kappa shape index (κ3) is 7.97. The monoisotopic (exact) mass is 448 g/mol. The first-order valence-electron chi connectivity index (χ1n) is 10.9. The number of hydrogen-bond donors (Lipinski definition) is 1. The van der Waals surface area contributed by atoms with Crippen molar-refractivity contribution in [2.75, 3.05) is 0 Å². The number of aromatic hydroxyl groups is 1. The number of phenolic OH excluding ortho intramolecular Hbond substituents is 1. The molecule has 0 radical (unpaired) electrons. The molecule has 30 heavy (non-hydrogen) atoms. The third-order valence-electron chi connectivity index (χ3n) is 6.02. The normalized spacial score (nSPS) is 16.2. The molecule has 0 spiro atoms. The fourth-order valence-corrected chi connectivity index (χ4v) is 4.60. The Bertz CT molecular complexity index is 700. The van der Waals surface area contributed by atoms with Crippen molar-refractivity contribution < 1.29 is 22.2 Å². The van der Waals surface area contributed by atoms with E-state index in [-0.39, 0.29) is 31.9 Å². The molecule has 0 aliphatic heterocycles. The molecule has 2 aliphatic carbocycles. The summed E-state index contributed by atoms with van der Waals surface area (Å²) in [5.74, 6) is 1.05. The molecule has 0 amide bonds. The van der Waals surface area contributed by atoms with Gasteiger partial charge in [-0.2, -0.15) is 0 Å². The Morgan fingerprint density at radius 1 is 0.733 bits per heavy atom. The Hall–Kier alpha value is -1.50. The van der Waals surface area contributed by atoms with Crippen molar-refractivity contribution in [2.45, 2.75) is 71.1 Å². The Labute approximate surface area is 196 Å². The van der Waals surface area contributed by atoms with Crippen molar-refractivity contribution in [3.8, 4) is 5.75 Å². The van der Waals surface area contributed by atoms with Crippen LogP contribution in [0, 0.1) is 20.8 Å². The maximum absolute atomic E-state index is 9.60. The van der Waals surface area contributed by atoms with Crippen molar-refractivity contribution in [3.05, 3.63) is 86.2 Å². The van der Waals surface area contributed by atoms with Gasteiger partial charge in [-0.05, 0) is 54.0 Å². The van der Waals surface area contributed by atoms with Crippen molar-refractivity contribution in [1.82, 2.24) is 0 Å².